The molecule has 6 heteroatoms. The van der Waals surface area contributed by atoms with Crippen LogP contribution in [0.4, 0.5) is 10.8 Å². The quantitative estimate of drug-likeness (QED) is 0.573. The maximum absolute atomic E-state index is 12.4. The third-order valence-corrected chi connectivity index (χ3v) is 5.10. The molecule has 0 aliphatic heterocycles. The number of carbonyl (C=O) groups excluding carboxylic acids is 2. The Morgan fingerprint density at radius 2 is 1.72 bits per heavy atom. The van der Waals surface area contributed by atoms with E-state index in [-0.39, 0.29) is 18.2 Å². The lowest BCUT2D eigenvalue weighted by Gasteiger charge is -2.12. The smallest absolute Gasteiger partial charge is 0.250 e. The largest absolute Gasteiger partial charge is 0.325 e. The zero-order valence-electron chi connectivity index (χ0n) is 16.7. The molecule has 0 atom stereocenters. The average molecular weight is 406 g/mol. The Hall–Kier alpha value is -3.25. The first kappa shape index (κ1) is 20.5. The number of nitrogens with zero attached hydrogens (tertiary/aromatic N) is 1. The molecule has 0 unspecified atom stereocenters. The molecule has 0 aliphatic rings. The highest BCUT2D eigenvalue weighted by atomic mass is 32.1. The fraction of sp³-hybridized carbons (Fsp3) is 0.174. The van der Waals surface area contributed by atoms with Crippen LogP contribution in [0.25, 0.3) is 6.08 Å². The van der Waals surface area contributed by atoms with Gasteiger partial charge in [0.25, 0.3) is 0 Å². The number of nitrogens with one attached hydrogen (secondary N) is 2. The molecular formula is C23H23N3O2S. The summed E-state index contributed by atoms with van der Waals surface area (Å²) >= 11 is 1.30. The first-order valence-electron chi connectivity index (χ1n) is 9.27. The second-order valence-corrected chi connectivity index (χ2v) is 7.73. The van der Waals surface area contributed by atoms with Gasteiger partial charge in [-0.15, -0.1) is 11.3 Å². The number of hydrogen-bond donors (Lipinski definition) is 2. The molecule has 0 saturated carbocycles. The lowest BCUT2D eigenvalue weighted by molar-refractivity contribution is -0.115. The zero-order valence-corrected chi connectivity index (χ0v) is 17.5. The average Bonchev–Trinajstić information content (AvgIpc) is 3.10. The van der Waals surface area contributed by atoms with Gasteiger partial charge in [0.1, 0.15) is 0 Å². The molecule has 0 fully saturated rings. The Morgan fingerprint density at radius 1 is 1.03 bits per heavy atom. The van der Waals surface area contributed by atoms with E-state index in [4.69, 9.17) is 0 Å². The molecule has 148 valence electrons. The highest BCUT2D eigenvalue weighted by Gasteiger charge is 2.12. The monoisotopic (exact) mass is 405 g/mol. The van der Waals surface area contributed by atoms with Gasteiger partial charge in [-0.25, -0.2) is 4.98 Å². The van der Waals surface area contributed by atoms with E-state index in [0.29, 0.717) is 10.8 Å². The Kier molecular flexibility index (Phi) is 6.57. The summed E-state index contributed by atoms with van der Waals surface area (Å²) in [7, 11) is 0. The number of benzene rings is 2. The van der Waals surface area contributed by atoms with Gasteiger partial charge >= 0.3 is 0 Å². The molecule has 2 amide bonds. The first-order chi connectivity index (χ1) is 13.9. The lowest BCUT2D eigenvalue weighted by Crippen LogP contribution is -2.16. The summed E-state index contributed by atoms with van der Waals surface area (Å²) in [6.45, 7) is 6.00. The van der Waals surface area contributed by atoms with Crippen LogP contribution >= 0.6 is 11.3 Å². The van der Waals surface area contributed by atoms with Gasteiger partial charge in [0.2, 0.25) is 11.8 Å². The summed E-state index contributed by atoms with van der Waals surface area (Å²) in [4.78, 5) is 28.8. The van der Waals surface area contributed by atoms with Gasteiger partial charge in [0.15, 0.2) is 5.13 Å². The second-order valence-electron chi connectivity index (χ2n) is 6.88. The summed E-state index contributed by atoms with van der Waals surface area (Å²) < 4.78 is 0. The van der Waals surface area contributed by atoms with E-state index in [9.17, 15) is 9.59 Å². The van der Waals surface area contributed by atoms with Crippen LogP contribution in [0.1, 0.15) is 27.9 Å². The molecule has 5 nitrogen and oxygen atoms in total. The molecule has 3 rings (SSSR count). The van der Waals surface area contributed by atoms with Crippen molar-refractivity contribution in [3.63, 3.8) is 0 Å². The van der Waals surface area contributed by atoms with Crippen LogP contribution in [-0.2, 0) is 16.0 Å². The van der Waals surface area contributed by atoms with Crippen molar-refractivity contribution in [2.45, 2.75) is 27.2 Å². The maximum atomic E-state index is 12.4. The fourth-order valence-corrected chi connectivity index (χ4v) is 3.77. The van der Waals surface area contributed by atoms with E-state index in [1.807, 2.05) is 63.2 Å². The standard InChI is InChI=1S/C23H23N3O2S/c1-15-11-16(2)22(17(3)12-15)25-21(28)13-19-14-29-23(24-19)26-20(27)10-9-18-7-5-4-6-8-18/h4-12,14H,13H2,1-3H3,(H,25,28)(H,24,26,27)/b10-9+. The van der Waals surface area contributed by atoms with Crippen LogP contribution in [0.2, 0.25) is 0 Å². The molecule has 2 N–H and O–H groups in total. The molecule has 0 radical (unpaired) electrons. The highest BCUT2D eigenvalue weighted by Crippen LogP contribution is 2.22. The van der Waals surface area contributed by atoms with Gasteiger partial charge in [-0.05, 0) is 43.5 Å². The molecule has 0 bridgehead atoms. The molecule has 29 heavy (non-hydrogen) atoms. The van der Waals surface area contributed by atoms with E-state index in [2.05, 4.69) is 15.6 Å². The van der Waals surface area contributed by atoms with Gasteiger partial charge < -0.3 is 5.32 Å². The van der Waals surface area contributed by atoms with Crippen molar-refractivity contribution in [2.24, 2.45) is 0 Å². The van der Waals surface area contributed by atoms with Crippen molar-refractivity contribution < 1.29 is 9.59 Å². The van der Waals surface area contributed by atoms with Crippen LogP contribution in [-0.4, -0.2) is 16.8 Å². The van der Waals surface area contributed by atoms with Crippen LogP contribution in [0.15, 0.2) is 53.9 Å². The summed E-state index contributed by atoms with van der Waals surface area (Å²) in [5, 5.41) is 7.95. The van der Waals surface area contributed by atoms with Crippen molar-refractivity contribution in [3.05, 3.63) is 81.9 Å². The summed E-state index contributed by atoms with van der Waals surface area (Å²) in [5.74, 6) is -0.391. The minimum atomic E-state index is -0.259. The van der Waals surface area contributed by atoms with Crippen molar-refractivity contribution in [1.82, 2.24) is 4.98 Å². The van der Waals surface area contributed by atoms with E-state index in [1.165, 1.54) is 23.0 Å². The number of hydrogen-bond acceptors (Lipinski definition) is 4. The van der Waals surface area contributed by atoms with E-state index >= 15 is 0 Å². The van der Waals surface area contributed by atoms with E-state index in [0.717, 1.165) is 22.4 Å². The van der Waals surface area contributed by atoms with Crippen molar-refractivity contribution in [3.8, 4) is 0 Å². The number of aryl methyl sites for hydroxylation is 3. The lowest BCUT2D eigenvalue weighted by atomic mass is 10.0. The van der Waals surface area contributed by atoms with Gasteiger partial charge in [-0.1, -0.05) is 48.0 Å². The van der Waals surface area contributed by atoms with Gasteiger partial charge in [0, 0.05) is 17.1 Å². The van der Waals surface area contributed by atoms with Crippen molar-refractivity contribution in [1.29, 1.82) is 0 Å². The number of aromatic nitrogens is 1. The van der Waals surface area contributed by atoms with Crippen LogP contribution in [0.5, 0.6) is 0 Å². The SMILES string of the molecule is Cc1cc(C)c(NC(=O)Cc2csc(NC(=O)/C=C/c3ccccc3)n2)c(C)c1. The van der Waals surface area contributed by atoms with Gasteiger partial charge in [-0.2, -0.15) is 0 Å². The van der Waals surface area contributed by atoms with Crippen molar-refractivity contribution >= 4 is 40.0 Å². The molecule has 3 aromatic rings. The van der Waals surface area contributed by atoms with E-state index in [1.54, 1.807) is 11.5 Å². The summed E-state index contributed by atoms with van der Waals surface area (Å²) in [6, 6.07) is 13.7. The van der Waals surface area contributed by atoms with E-state index < -0.39 is 0 Å². The zero-order chi connectivity index (χ0) is 20.8. The topological polar surface area (TPSA) is 71.1 Å². The molecule has 1 aromatic heterocycles. The van der Waals surface area contributed by atoms with Crippen molar-refractivity contribution in [2.75, 3.05) is 10.6 Å². The maximum Gasteiger partial charge on any atom is 0.250 e. The minimum Gasteiger partial charge on any atom is -0.325 e. The molecule has 0 aliphatic carbocycles. The Morgan fingerprint density at radius 3 is 2.41 bits per heavy atom. The molecular weight excluding hydrogens is 382 g/mol. The Balaban J connectivity index is 1.57. The summed E-state index contributed by atoms with van der Waals surface area (Å²) in [6.07, 6.45) is 3.36. The molecule has 0 spiro atoms. The second kappa shape index (κ2) is 9.30. The first-order valence-corrected chi connectivity index (χ1v) is 10.1. The number of carbonyl (C=O) groups is 2. The Bertz CT molecular complexity index is 1030. The van der Waals surface area contributed by atoms with Crippen LogP contribution in [0, 0.1) is 20.8 Å². The third-order valence-electron chi connectivity index (χ3n) is 4.29. The fourth-order valence-electron chi connectivity index (χ4n) is 3.05. The predicted octanol–water partition coefficient (Wildman–Crippen LogP) is 4.90. The van der Waals surface area contributed by atoms with Crippen LogP contribution in [0.3, 0.4) is 0 Å². The Labute approximate surface area is 174 Å². The van der Waals surface area contributed by atoms with Crippen LogP contribution < -0.4 is 10.6 Å². The molecule has 2 aromatic carbocycles. The molecule has 0 saturated heterocycles. The third kappa shape index (κ3) is 5.86. The number of thiazole rings is 1. The number of amides is 2. The number of anilines is 2. The number of rotatable bonds is 6. The minimum absolute atomic E-state index is 0.132. The van der Waals surface area contributed by atoms with Gasteiger partial charge in [0.05, 0.1) is 12.1 Å². The predicted molar refractivity (Wildman–Crippen MR) is 119 cm³/mol. The summed E-state index contributed by atoms with van der Waals surface area (Å²) in [5.41, 5.74) is 5.65. The van der Waals surface area contributed by atoms with Gasteiger partial charge in [-0.3, -0.25) is 14.9 Å². The molecule has 1 heterocycles. The highest BCUT2D eigenvalue weighted by molar-refractivity contribution is 7.14. The normalized spacial score (nSPS) is 10.9.